The molecule has 0 spiro atoms. The standard InChI is InChI=1S/C25H29FN6O2.C21H21FN4O.C5H9NO.C2HF3O.C2H6.CH4/c1-25(2,3)29-24(33)31-11-8-16(9-12-31)19-14-27-22(32-15-28-30-23(19)32)7-4-17-18-10-13-34-21(18)6-5-20(17)26;22-18-7-8-19-16(10-11-27-19)15(18)6-9-20-23-12-17(14-4-2-1-3-5-14)21-25-24-13-26(20)21;1-5(2,3)6-4-7;3-2(4,5)1-6;1-2;/h5-6,8,14-15H,4,7,9-13H2,1-3H3,(H,29,33);4,7-8,12-13H,1-3,5-6,9-11H2;1-3H3;1H;1-2H3;1H4/i;;;;1D;. The number of carbonyl (C=O) groups excluding carboxylic acids is 3. The van der Waals surface area contributed by atoms with E-state index in [1.165, 1.54) is 36.6 Å². The summed E-state index contributed by atoms with van der Waals surface area (Å²) in [6.45, 7) is 16.1. The maximum Gasteiger partial charge on any atom is 0.446 e. The van der Waals surface area contributed by atoms with Gasteiger partial charge in [0.15, 0.2) is 11.3 Å². The maximum absolute atomic E-state index is 14.5. The first-order valence-electron chi connectivity index (χ1n) is 25.9. The number of hydrogen-bond acceptors (Lipinski definition) is 12. The molecule has 3 aliphatic heterocycles. The molecule has 21 heteroatoms. The minimum Gasteiger partial charge on any atom is -0.493 e. The molecule has 4 aromatic heterocycles. The molecule has 0 atom stereocenters. The number of benzene rings is 2. The van der Waals surface area contributed by atoms with Crippen molar-refractivity contribution in [2.45, 2.75) is 151 Å². The number of aryl methyl sites for hydroxylation is 2. The maximum atomic E-state index is 14.5. The number of urea groups is 1. The number of aromatic nitrogens is 8. The van der Waals surface area contributed by atoms with Crippen LogP contribution in [0.15, 0.2) is 66.5 Å². The summed E-state index contributed by atoms with van der Waals surface area (Å²) in [6, 6.07) is 6.35. The van der Waals surface area contributed by atoms with Crippen molar-refractivity contribution in [3.8, 4) is 11.5 Å². The van der Waals surface area contributed by atoms with Crippen LogP contribution in [0.1, 0.15) is 141 Å². The van der Waals surface area contributed by atoms with Crippen molar-refractivity contribution in [3.63, 3.8) is 0 Å². The van der Waals surface area contributed by atoms with Crippen LogP contribution in [0.4, 0.5) is 26.7 Å². The van der Waals surface area contributed by atoms with E-state index in [9.17, 15) is 31.5 Å². The Bertz CT molecular complexity index is 3120. The van der Waals surface area contributed by atoms with Gasteiger partial charge in [-0.2, -0.15) is 13.2 Å². The Morgan fingerprint density at radius 1 is 0.779 bits per heavy atom. The molecule has 1 aliphatic carbocycles. The lowest BCUT2D eigenvalue weighted by Gasteiger charge is -2.30. The molecule has 77 heavy (non-hydrogen) atoms. The summed E-state index contributed by atoms with van der Waals surface area (Å²) in [6.07, 6.45) is 16.3. The van der Waals surface area contributed by atoms with E-state index in [4.69, 9.17) is 20.6 Å². The number of nitrogens with one attached hydrogen (secondary N) is 1. The molecule has 0 bridgehead atoms. The monoisotopic (exact) mass is 1070 g/mol. The number of alkyl halides is 3. The van der Waals surface area contributed by atoms with Crippen molar-refractivity contribution in [2.75, 3.05) is 26.3 Å². The number of carbonyl (C=O) groups is 2. The third kappa shape index (κ3) is 16.3. The predicted octanol–water partition coefficient (Wildman–Crippen LogP) is 11.1. The van der Waals surface area contributed by atoms with Crippen LogP contribution in [0.25, 0.3) is 22.4 Å². The zero-order chi connectivity index (χ0) is 55.9. The number of rotatable bonds is 8. The van der Waals surface area contributed by atoms with Crippen molar-refractivity contribution in [1.82, 2.24) is 49.4 Å². The van der Waals surface area contributed by atoms with Crippen LogP contribution in [-0.4, -0.2) is 106 Å². The molecule has 6 aromatic rings. The Labute approximate surface area is 447 Å². The fraction of sp³-hybridized carbons (Fsp3) is 0.482. The van der Waals surface area contributed by atoms with Crippen molar-refractivity contribution in [2.24, 2.45) is 4.99 Å². The lowest BCUT2D eigenvalue weighted by Crippen LogP contribution is -2.49. The van der Waals surface area contributed by atoms with E-state index in [1.807, 2.05) is 62.7 Å². The Balaban J connectivity index is 0.000000226. The van der Waals surface area contributed by atoms with Gasteiger partial charge in [-0.25, -0.2) is 33.3 Å². The Kier molecular flexibility index (Phi) is 20.7. The summed E-state index contributed by atoms with van der Waals surface area (Å²) in [5.74, 6) is 2.86. The Morgan fingerprint density at radius 3 is 1.66 bits per heavy atom. The van der Waals surface area contributed by atoms with Gasteiger partial charge in [0.05, 0.1) is 18.8 Å². The average molecular weight is 1070 g/mol. The highest BCUT2D eigenvalue weighted by molar-refractivity contribution is 5.80. The summed E-state index contributed by atoms with van der Waals surface area (Å²) in [7, 11) is 0. The fourth-order valence-corrected chi connectivity index (χ4v) is 8.92. The van der Waals surface area contributed by atoms with Gasteiger partial charge >= 0.3 is 12.2 Å². The van der Waals surface area contributed by atoms with Gasteiger partial charge in [0, 0.05) is 80.3 Å². The second-order valence-electron chi connectivity index (χ2n) is 20.0. The summed E-state index contributed by atoms with van der Waals surface area (Å²) in [5.41, 5.74) is 8.84. The van der Waals surface area contributed by atoms with E-state index in [0.29, 0.717) is 70.9 Å². The molecular formula is C56H70F5N11O5. The molecule has 0 saturated carbocycles. The lowest BCUT2D eigenvalue weighted by atomic mass is 9.95. The molecule has 7 heterocycles. The second-order valence-corrected chi connectivity index (χ2v) is 20.0. The molecule has 2 aromatic carbocycles. The SMILES string of the molecule is C.CC(C)(C)N=C=O.CC(C)(C)NC(=O)N1CC=C(c2cnc(CCc3c(F)ccc4c3CCO4)n3cnnc23)CC1.Fc1ccc2c(c1CCc1ncc(C3=CCCCC3)c3nncn13)CCO2.O=CC(F)(F)F.[2H]CC. The largest absolute Gasteiger partial charge is 0.493 e. The van der Waals surface area contributed by atoms with Gasteiger partial charge in [0.1, 0.15) is 47.4 Å². The molecule has 0 radical (unpaired) electrons. The van der Waals surface area contributed by atoms with E-state index >= 15 is 0 Å². The zero-order valence-electron chi connectivity index (χ0n) is 45.1. The number of ether oxygens (including phenoxy) is 2. The molecule has 0 fully saturated rings. The molecule has 4 aliphatic rings. The summed E-state index contributed by atoms with van der Waals surface area (Å²) >= 11 is 0. The number of fused-ring (bicyclic) bond motifs is 4. The number of amides is 2. The summed E-state index contributed by atoms with van der Waals surface area (Å²) in [4.78, 5) is 45.3. The van der Waals surface area contributed by atoms with Gasteiger partial charge in [-0.1, -0.05) is 33.4 Å². The van der Waals surface area contributed by atoms with Crippen LogP contribution in [0.2, 0.25) is 0 Å². The van der Waals surface area contributed by atoms with Gasteiger partial charge < -0.3 is 19.7 Å². The Hall–Kier alpha value is -7.41. The Morgan fingerprint density at radius 2 is 1.27 bits per heavy atom. The first kappa shape index (κ1) is 58.8. The van der Waals surface area contributed by atoms with Gasteiger partial charge in [-0.15, -0.1) is 20.4 Å². The normalized spacial score (nSPS) is 14.7. The van der Waals surface area contributed by atoms with Crippen LogP contribution in [0, 0.1) is 11.6 Å². The third-order valence-corrected chi connectivity index (χ3v) is 12.4. The van der Waals surface area contributed by atoms with Crippen LogP contribution in [0.3, 0.4) is 0 Å². The van der Waals surface area contributed by atoms with E-state index in [1.54, 1.807) is 36.6 Å². The molecule has 414 valence electrons. The fourth-order valence-electron chi connectivity index (χ4n) is 8.92. The van der Waals surface area contributed by atoms with E-state index in [2.05, 4.69) is 47.8 Å². The third-order valence-electron chi connectivity index (χ3n) is 12.4. The number of halogens is 5. The van der Waals surface area contributed by atoms with Crippen LogP contribution >= 0.6 is 0 Å². The van der Waals surface area contributed by atoms with Crippen molar-refractivity contribution in [3.05, 3.63) is 118 Å². The lowest BCUT2D eigenvalue weighted by molar-refractivity contribution is -0.156. The molecule has 10 rings (SSSR count). The summed E-state index contributed by atoms with van der Waals surface area (Å²) in [5, 5.41) is 19.9. The highest BCUT2D eigenvalue weighted by Crippen LogP contribution is 2.34. The van der Waals surface area contributed by atoms with Crippen molar-refractivity contribution in [1.29, 1.82) is 0 Å². The van der Waals surface area contributed by atoms with E-state index in [-0.39, 0.29) is 36.2 Å². The molecule has 2 amide bonds. The van der Waals surface area contributed by atoms with Crippen LogP contribution in [-0.2, 0) is 48.1 Å². The highest BCUT2D eigenvalue weighted by Gasteiger charge is 2.26. The number of aldehydes is 1. The molecule has 16 nitrogen and oxygen atoms in total. The topological polar surface area (TPSA) is 183 Å². The first-order valence-corrected chi connectivity index (χ1v) is 25.2. The highest BCUT2D eigenvalue weighted by atomic mass is 19.4. The first-order chi connectivity index (χ1) is 36.6. The number of aliphatic imine (C=N–C) groups is 1. The number of hydrogen-bond donors (Lipinski definition) is 1. The number of allylic oxidation sites excluding steroid dienone is 2. The minimum atomic E-state index is -4.64. The quantitative estimate of drug-likeness (QED) is 0.0662. The molecule has 0 unspecified atom stereocenters. The van der Waals surface area contributed by atoms with Gasteiger partial charge in [-0.3, -0.25) is 13.6 Å². The summed E-state index contributed by atoms with van der Waals surface area (Å²) < 4.78 is 81.4. The molecule has 1 N–H and O–H groups in total. The van der Waals surface area contributed by atoms with E-state index < -0.39 is 12.5 Å². The van der Waals surface area contributed by atoms with Gasteiger partial charge in [0.2, 0.25) is 12.4 Å². The smallest absolute Gasteiger partial charge is 0.446 e. The second kappa shape index (κ2) is 27.1. The molecule has 0 saturated heterocycles. The van der Waals surface area contributed by atoms with Crippen LogP contribution in [0.5, 0.6) is 11.5 Å². The minimum absolute atomic E-state index is 0. The zero-order valence-corrected chi connectivity index (χ0v) is 44.1. The number of nitrogens with zero attached hydrogens (tertiary/aromatic N) is 10. The van der Waals surface area contributed by atoms with Gasteiger partial charge in [0.25, 0.3) is 0 Å². The average Bonchev–Trinajstić information content (AvgIpc) is 4.25. The van der Waals surface area contributed by atoms with Crippen molar-refractivity contribution < 1.29 is 47.2 Å². The van der Waals surface area contributed by atoms with Crippen LogP contribution < -0.4 is 14.8 Å². The number of isocyanates is 1. The van der Waals surface area contributed by atoms with Crippen molar-refractivity contribution >= 4 is 40.8 Å². The predicted molar refractivity (Wildman–Crippen MR) is 285 cm³/mol. The molecular weight excluding hydrogens is 1000 g/mol. The van der Waals surface area contributed by atoms with Gasteiger partial charge in [-0.05, 0) is 133 Å². The van der Waals surface area contributed by atoms with E-state index in [0.717, 1.165) is 93.5 Å².